The lowest BCUT2D eigenvalue weighted by atomic mass is 10.2. The van der Waals surface area contributed by atoms with E-state index < -0.39 is 6.04 Å². The molecule has 3 amide bonds. The molecule has 0 spiro atoms. The van der Waals surface area contributed by atoms with Crippen LogP contribution in [0.1, 0.15) is 12.8 Å². The second-order valence-electron chi connectivity index (χ2n) is 5.82. The molecule has 2 heterocycles. The highest BCUT2D eigenvalue weighted by Crippen LogP contribution is 2.20. The summed E-state index contributed by atoms with van der Waals surface area (Å²) in [5, 5.41) is 9.82. The van der Waals surface area contributed by atoms with Crippen LogP contribution >= 0.6 is 0 Å². The van der Waals surface area contributed by atoms with Gasteiger partial charge in [0.25, 0.3) is 0 Å². The average Bonchev–Trinajstić information content (AvgIpc) is 3.31. The Hall–Kier alpha value is -3.09. The fourth-order valence-electron chi connectivity index (χ4n) is 2.92. The monoisotopic (exact) mass is 339 g/mol. The van der Waals surface area contributed by atoms with Gasteiger partial charge in [0.15, 0.2) is 0 Å². The molecule has 0 unspecified atom stereocenters. The first-order chi connectivity index (χ1) is 12.2. The van der Waals surface area contributed by atoms with Gasteiger partial charge in [0.1, 0.15) is 6.04 Å². The van der Waals surface area contributed by atoms with Crippen LogP contribution in [0.4, 0.5) is 10.5 Å². The molecule has 130 valence electrons. The van der Waals surface area contributed by atoms with Crippen molar-refractivity contribution in [2.75, 3.05) is 18.4 Å². The highest BCUT2D eigenvalue weighted by molar-refractivity contribution is 5.97. The number of amides is 3. The van der Waals surface area contributed by atoms with E-state index in [0.717, 1.165) is 12.1 Å². The fraction of sp³-hybridized carbons (Fsp3) is 0.278. The molecule has 25 heavy (non-hydrogen) atoms. The molecule has 2 N–H and O–H groups in total. The Balaban J connectivity index is 1.68. The van der Waals surface area contributed by atoms with Gasteiger partial charge < -0.3 is 15.5 Å². The molecule has 1 aromatic carbocycles. The summed E-state index contributed by atoms with van der Waals surface area (Å²) in [7, 11) is 0. The van der Waals surface area contributed by atoms with Gasteiger partial charge in [-0.2, -0.15) is 5.10 Å². The first kappa shape index (κ1) is 16.8. The van der Waals surface area contributed by atoms with Crippen LogP contribution in [-0.4, -0.2) is 45.8 Å². The van der Waals surface area contributed by atoms with Gasteiger partial charge in [-0.1, -0.05) is 12.1 Å². The molecule has 1 aromatic heterocycles. The molecular weight excluding hydrogens is 318 g/mol. The maximum atomic E-state index is 12.6. The normalized spacial score (nSPS) is 16.5. The summed E-state index contributed by atoms with van der Waals surface area (Å²) < 4.78 is 1.72. The van der Waals surface area contributed by atoms with Gasteiger partial charge in [-0.25, -0.2) is 9.48 Å². The third-order valence-corrected chi connectivity index (χ3v) is 4.10. The lowest BCUT2D eigenvalue weighted by molar-refractivity contribution is -0.119. The largest absolute Gasteiger partial charge is 0.335 e. The lowest BCUT2D eigenvalue weighted by Gasteiger charge is -2.24. The van der Waals surface area contributed by atoms with E-state index in [4.69, 9.17) is 0 Å². The van der Waals surface area contributed by atoms with Gasteiger partial charge in [0.05, 0.1) is 5.69 Å². The van der Waals surface area contributed by atoms with Crippen molar-refractivity contribution in [1.29, 1.82) is 0 Å². The van der Waals surface area contributed by atoms with Crippen LogP contribution < -0.4 is 10.6 Å². The van der Waals surface area contributed by atoms with Crippen molar-refractivity contribution in [2.45, 2.75) is 18.9 Å². The Kier molecular flexibility index (Phi) is 5.13. The summed E-state index contributed by atoms with van der Waals surface area (Å²) in [6.07, 6.45) is 6.62. The van der Waals surface area contributed by atoms with Crippen molar-refractivity contribution in [3.63, 3.8) is 0 Å². The van der Waals surface area contributed by atoms with Crippen molar-refractivity contribution in [3.05, 3.63) is 55.4 Å². The summed E-state index contributed by atoms with van der Waals surface area (Å²) >= 11 is 0. The predicted octanol–water partition coefficient (Wildman–Crippen LogP) is 2.17. The Morgan fingerprint density at radius 1 is 1.36 bits per heavy atom. The maximum Gasteiger partial charge on any atom is 0.318 e. The van der Waals surface area contributed by atoms with Gasteiger partial charge >= 0.3 is 6.03 Å². The number of anilines is 1. The summed E-state index contributed by atoms with van der Waals surface area (Å²) in [5.74, 6) is -0.177. The van der Waals surface area contributed by atoms with Crippen LogP contribution in [-0.2, 0) is 4.79 Å². The second-order valence-corrected chi connectivity index (χ2v) is 5.82. The van der Waals surface area contributed by atoms with Gasteiger partial charge in [-0.3, -0.25) is 4.79 Å². The van der Waals surface area contributed by atoms with Crippen LogP contribution in [0.5, 0.6) is 0 Å². The van der Waals surface area contributed by atoms with E-state index in [1.807, 2.05) is 36.5 Å². The number of nitrogens with zero attached hydrogens (tertiary/aromatic N) is 3. The zero-order chi connectivity index (χ0) is 17.6. The number of rotatable bonds is 5. The van der Waals surface area contributed by atoms with E-state index in [1.165, 1.54) is 0 Å². The van der Waals surface area contributed by atoms with Crippen molar-refractivity contribution in [3.8, 4) is 5.69 Å². The van der Waals surface area contributed by atoms with E-state index >= 15 is 0 Å². The van der Waals surface area contributed by atoms with Crippen molar-refractivity contribution in [1.82, 2.24) is 20.0 Å². The summed E-state index contributed by atoms with van der Waals surface area (Å²) in [6.45, 7) is 4.54. The van der Waals surface area contributed by atoms with Crippen molar-refractivity contribution < 1.29 is 9.59 Å². The van der Waals surface area contributed by atoms with E-state index in [-0.39, 0.29) is 11.9 Å². The minimum absolute atomic E-state index is 0.177. The Labute approximate surface area is 146 Å². The quantitative estimate of drug-likeness (QED) is 0.820. The molecule has 1 atom stereocenters. The SMILES string of the molecule is C=CCNC(=O)N1CCC[C@H]1C(=O)Nc1cccc(-n2cccn2)c1. The molecule has 0 bridgehead atoms. The number of aromatic nitrogens is 2. The maximum absolute atomic E-state index is 12.6. The Bertz CT molecular complexity index is 757. The van der Waals surface area contributed by atoms with Gasteiger partial charge in [0.2, 0.25) is 5.91 Å². The molecule has 1 saturated heterocycles. The Morgan fingerprint density at radius 2 is 2.24 bits per heavy atom. The third-order valence-electron chi connectivity index (χ3n) is 4.10. The molecule has 1 aliphatic rings. The van der Waals surface area contributed by atoms with E-state index in [1.54, 1.807) is 21.9 Å². The number of carbonyl (C=O) groups is 2. The minimum atomic E-state index is -0.460. The van der Waals surface area contributed by atoms with Gasteiger partial charge in [-0.05, 0) is 37.1 Å². The zero-order valence-electron chi connectivity index (χ0n) is 13.9. The van der Waals surface area contributed by atoms with E-state index in [0.29, 0.717) is 25.2 Å². The molecule has 1 fully saturated rings. The number of benzene rings is 1. The molecule has 3 rings (SSSR count). The van der Waals surface area contributed by atoms with E-state index in [9.17, 15) is 9.59 Å². The summed E-state index contributed by atoms with van der Waals surface area (Å²) in [6, 6.07) is 8.58. The highest BCUT2D eigenvalue weighted by atomic mass is 16.2. The number of urea groups is 1. The number of carbonyl (C=O) groups excluding carboxylic acids is 2. The van der Waals surface area contributed by atoms with Crippen molar-refractivity contribution >= 4 is 17.6 Å². The molecular formula is C18H21N5O2. The second kappa shape index (κ2) is 7.65. The lowest BCUT2D eigenvalue weighted by Crippen LogP contribution is -2.47. The first-order valence-corrected chi connectivity index (χ1v) is 8.25. The van der Waals surface area contributed by atoms with Gasteiger partial charge in [0, 0.05) is 31.2 Å². The number of likely N-dealkylation sites (tertiary alicyclic amines) is 1. The average molecular weight is 339 g/mol. The molecule has 0 radical (unpaired) electrons. The molecule has 0 aliphatic carbocycles. The topological polar surface area (TPSA) is 79.3 Å². The van der Waals surface area contributed by atoms with Crippen molar-refractivity contribution in [2.24, 2.45) is 0 Å². The van der Waals surface area contributed by atoms with E-state index in [2.05, 4.69) is 22.3 Å². The predicted molar refractivity (Wildman–Crippen MR) is 95.5 cm³/mol. The minimum Gasteiger partial charge on any atom is -0.335 e. The van der Waals surface area contributed by atoms with Crippen LogP contribution in [0.25, 0.3) is 5.69 Å². The number of nitrogens with one attached hydrogen (secondary N) is 2. The van der Waals surface area contributed by atoms with Crippen LogP contribution in [0.15, 0.2) is 55.4 Å². The Morgan fingerprint density at radius 3 is 3.00 bits per heavy atom. The smallest absolute Gasteiger partial charge is 0.318 e. The number of hydrogen-bond acceptors (Lipinski definition) is 3. The number of hydrogen-bond donors (Lipinski definition) is 2. The van der Waals surface area contributed by atoms with Crippen LogP contribution in [0, 0.1) is 0 Å². The molecule has 2 aromatic rings. The molecule has 1 aliphatic heterocycles. The third kappa shape index (κ3) is 3.88. The zero-order valence-corrected chi connectivity index (χ0v) is 13.9. The summed E-state index contributed by atoms with van der Waals surface area (Å²) in [4.78, 5) is 26.4. The van der Waals surface area contributed by atoms with Gasteiger partial charge in [-0.15, -0.1) is 6.58 Å². The first-order valence-electron chi connectivity index (χ1n) is 8.25. The summed E-state index contributed by atoms with van der Waals surface area (Å²) in [5.41, 5.74) is 1.53. The standard InChI is InChI=1S/C18H21N5O2/c1-2-9-19-18(25)22-11-4-8-16(22)17(24)21-14-6-3-7-15(13-14)23-12-5-10-20-23/h2-3,5-7,10,12-13,16H,1,4,8-9,11H2,(H,19,25)(H,21,24)/t16-/m0/s1. The molecule has 0 saturated carbocycles. The fourth-order valence-corrected chi connectivity index (χ4v) is 2.92. The highest BCUT2D eigenvalue weighted by Gasteiger charge is 2.33. The van der Waals surface area contributed by atoms with Crippen LogP contribution in [0.2, 0.25) is 0 Å². The molecule has 7 heteroatoms. The molecule has 7 nitrogen and oxygen atoms in total. The van der Waals surface area contributed by atoms with Crippen LogP contribution in [0.3, 0.4) is 0 Å².